The number of carbonyl (C=O) groups excluding carboxylic acids is 1. The van der Waals surface area contributed by atoms with Crippen molar-refractivity contribution >= 4 is 22.6 Å². The molecule has 2 aromatic carbocycles. The molecule has 31 heavy (non-hydrogen) atoms. The zero-order chi connectivity index (χ0) is 21.8. The minimum Gasteiger partial charge on any atom is -0.424 e. The van der Waals surface area contributed by atoms with Gasteiger partial charge in [0.25, 0.3) is 0 Å². The molecule has 4 rings (SSSR count). The maximum atomic E-state index is 12.7. The number of aromatic nitrogens is 2. The van der Waals surface area contributed by atoms with Crippen LogP contribution in [0.25, 0.3) is 11.0 Å². The average Bonchev–Trinajstić information content (AvgIpc) is 2.77. The molecule has 0 fully saturated rings. The predicted molar refractivity (Wildman–Crippen MR) is 117 cm³/mol. The van der Waals surface area contributed by atoms with Gasteiger partial charge in [0.05, 0.1) is 0 Å². The smallest absolute Gasteiger partial charge is 0.340 e. The molecule has 0 radical (unpaired) electrons. The molecule has 0 atom stereocenters. The van der Waals surface area contributed by atoms with Crippen LogP contribution >= 0.6 is 0 Å². The minimum atomic E-state index is -0.418. The molecular weight excluding hydrogens is 394 g/mol. The number of aryl methyl sites for hydroxylation is 1. The second-order valence-electron chi connectivity index (χ2n) is 6.85. The van der Waals surface area contributed by atoms with Gasteiger partial charge in [0.15, 0.2) is 0 Å². The number of rotatable bonds is 6. The third kappa shape index (κ3) is 4.51. The first-order valence-electron chi connectivity index (χ1n) is 9.57. The molecule has 4 aromatic rings. The molecule has 0 spiro atoms. The molecular formula is C24H19N3O4. The molecule has 0 bridgehead atoms. The molecule has 1 amide bonds. The van der Waals surface area contributed by atoms with Gasteiger partial charge in [0.2, 0.25) is 5.91 Å². The summed E-state index contributed by atoms with van der Waals surface area (Å²) >= 11 is 0. The maximum absolute atomic E-state index is 12.7. The molecule has 2 heterocycles. The predicted octanol–water partition coefficient (Wildman–Crippen LogP) is 4.40. The Morgan fingerprint density at radius 3 is 2.74 bits per heavy atom. The number of amides is 1. The third-order valence-electron chi connectivity index (χ3n) is 4.77. The number of ether oxygens (including phenoxy) is 1. The van der Waals surface area contributed by atoms with Gasteiger partial charge in [-0.15, -0.1) is 0 Å². The molecule has 0 aliphatic heterocycles. The highest BCUT2D eigenvalue weighted by atomic mass is 16.5. The van der Waals surface area contributed by atoms with Gasteiger partial charge in [-0.2, -0.15) is 0 Å². The van der Waals surface area contributed by atoms with E-state index in [4.69, 9.17) is 9.15 Å². The third-order valence-corrected chi connectivity index (χ3v) is 4.77. The van der Waals surface area contributed by atoms with E-state index in [9.17, 15) is 9.59 Å². The molecule has 0 aliphatic rings. The van der Waals surface area contributed by atoms with Crippen LogP contribution in [-0.4, -0.2) is 15.9 Å². The first-order valence-corrected chi connectivity index (χ1v) is 9.57. The summed E-state index contributed by atoms with van der Waals surface area (Å²) in [6, 6.07) is 14.5. The Morgan fingerprint density at radius 2 is 1.97 bits per heavy atom. The first-order chi connectivity index (χ1) is 15.0. The molecule has 7 nitrogen and oxygen atoms in total. The normalized spacial score (nSPS) is 10.6. The van der Waals surface area contributed by atoms with Crippen molar-refractivity contribution in [2.75, 3.05) is 5.32 Å². The van der Waals surface area contributed by atoms with E-state index in [0.29, 0.717) is 29.0 Å². The van der Waals surface area contributed by atoms with Crippen LogP contribution in [0.2, 0.25) is 0 Å². The van der Waals surface area contributed by atoms with E-state index in [1.165, 1.54) is 6.08 Å². The summed E-state index contributed by atoms with van der Waals surface area (Å²) in [7, 11) is 0. The highest BCUT2D eigenvalue weighted by molar-refractivity contribution is 5.98. The van der Waals surface area contributed by atoms with Crippen molar-refractivity contribution in [1.82, 2.24) is 9.97 Å². The number of anilines is 1. The molecule has 0 unspecified atom stereocenters. The summed E-state index contributed by atoms with van der Waals surface area (Å²) < 4.78 is 11.2. The molecule has 0 aliphatic carbocycles. The van der Waals surface area contributed by atoms with Gasteiger partial charge in [0.1, 0.15) is 11.3 Å². The Balaban J connectivity index is 1.64. The van der Waals surface area contributed by atoms with Crippen LogP contribution < -0.4 is 15.7 Å². The summed E-state index contributed by atoms with van der Waals surface area (Å²) in [6.45, 7) is 5.33. The summed E-state index contributed by atoms with van der Waals surface area (Å²) in [5, 5.41) is 3.53. The fourth-order valence-electron chi connectivity index (χ4n) is 3.24. The minimum absolute atomic E-state index is 0.209. The molecule has 0 saturated carbocycles. The summed E-state index contributed by atoms with van der Waals surface area (Å²) in [6.07, 6.45) is 4.74. The zero-order valence-corrected chi connectivity index (χ0v) is 16.8. The Hall–Kier alpha value is -4.26. The van der Waals surface area contributed by atoms with E-state index in [1.807, 2.05) is 31.2 Å². The Kier molecular flexibility index (Phi) is 5.57. The van der Waals surface area contributed by atoms with Gasteiger partial charge in [0, 0.05) is 41.5 Å². The summed E-state index contributed by atoms with van der Waals surface area (Å²) in [5.41, 5.74) is 2.90. The maximum Gasteiger partial charge on any atom is 0.340 e. The molecule has 0 saturated heterocycles. The van der Waals surface area contributed by atoms with Crippen LogP contribution in [0.4, 0.5) is 5.69 Å². The number of benzene rings is 2. The van der Waals surface area contributed by atoms with Crippen LogP contribution in [0.1, 0.15) is 16.7 Å². The standard InChI is InChI=1S/C24H19N3O4/c1-3-22(28)27-17-7-4-6-16(12-17)13-20-15(2)19-9-8-18(14-21(19)31-23(20)29)30-24-25-10-5-11-26-24/h3-12,14H,1,13H2,2H3,(H,27,28). The Bertz CT molecular complexity index is 1330. The second-order valence-corrected chi connectivity index (χ2v) is 6.85. The molecule has 7 heteroatoms. The molecule has 154 valence electrons. The lowest BCUT2D eigenvalue weighted by Gasteiger charge is -2.10. The van der Waals surface area contributed by atoms with E-state index in [2.05, 4.69) is 21.9 Å². The van der Waals surface area contributed by atoms with E-state index in [1.54, 1.807) is 36.7 Å². The quantitative estimate of drug-likeness (QED) is 0.372. The number of nitrogens with zero attached hydrogens (tertiary/aromatic N) is 2. The highest BCUT2D eigenvalue weighted by Gasteiger charge is 2.14. The van der Waals surface area contributed by atoms with Gasteiger partial charge >= 0.3 is 11.6 Å². The Morgan fingerprint density at radius 1 is 1.16 bits per heavy atom. The fourth-order valence-corrected chi connectivity index (χ4v) is 3.24. The number of hydrogen-bond acceptors (Lipinski definition) is 6. The van der Waals surface area contributed by atoms with E-state index in [0.717, 1.165) is 16.5 Å². The van der Waals surface area contributed by atoms with Crippen LogP contribution in [0.3, 0.4) is 0 Å². The van der Waals surface area contributed by atoms with Crippen molar-refractivity contribution in [3.8, 4) is 11.8 Å². The highest BCUT2D eigenvalue weighted by Crippen LogP contribution is 2.27. The summed E-state index contributed by atoms with van der Waals surface area (Å²) in [5.74, 6) is 0.178. The van der Waals surface area contributed by atoms with Gasteiger partial charge in [-0.05, 0) is 54.5 Å². The second kappa shape index (κ2) is 8.62. The van der Waals surface area contributed by atoms with E-state index < -0.39 is 5.63 Å². The topological polar surface area (TPSA) is 94.3 Å². The first kappa shape index (κ1) is 20.0. The van der Waals surface area contributed by atoms with E-state index >= 15 is 0 Å². The number of fused-ring (bicyclic) bond motifs is 1. The Labute approximate surface area is 178 Å². The van der Waals surface area contributed by atoms with E-state index in [-0.39, 0.29) is 11.9 Å². The van der Waals surface area contributed by atoms with Crippen molar-refractivity contribution in [3.05, 3.63) is 101 Å². The number of nitrogens with one attached hydrogen (secondary N) is 1. The van der Waals surface area contributed by atoms with Crippen molar-refractivity contribution < 1.29 is 13.9 Å². The SMILES string of the molecule is C=CC(=O)Nc1cccc(Cc2c(C)c3ccc(Oc4ncccn4)cc3oc2=O)c1. The van der Waals surface area contributed by atoms with Crippen molar-refractivity contribution in [1.29, 1.82) is 0 Å². The lowest BCUT2D eigenvalue weighted by atomic mass is 9.99. The van der Waals surface area contributed by atoms with Gasteiger partial charge in [-0.1, -0.05) is 18.7 Å². The largest absolute Gasteiger partial charge is 0.424 e. The van der Waals surface area contributed by atoms with Crippen molar-refractivity contribution in [3.63, 3.8) is 0 Å². The zero-order valence-electron chi connectivity index (χ0n) is 16.8. The monoisotopic (exact) mass is 413 g/mol. The van der Waals surface area contributed by atoms with Crippen molar-refractivity contribution in [2.45, 2.75) is 13.3 Å². The van der Waals surface area contributed by atoms with Gasteiger partial charge in [-0.3, -0.25) is 4.79 Å². The fraction of sp³-hybridized carbons (Fsp3) is 0.0833. The average molecular weight is 413 g/mol. The van der Waals surface area contributed by atoms with Crippen LogP contribution in [-0.2, 0) is 11.2 Å². The van der Waals surface area contributed by atoms with Gasteiger partial charge < -0.3 is 14.5 Å². The molecule has 1 N–H and O–H groups in total. The molecule has 2 aromatic heterocycles. The van der Waals surface area contributed by atoms with Crippen LogP contribution in [0.15, 0.2) is 82.8 Å². The van der Waals surface area contributed by atoms with Crippen LogP contribution in [0.5, 0.6) is 11.8 Å². The van der Waals surface area contributed by atoms with Crippen LogP contribution in [0, 0.1) is 6.92 Å². The lowest BCUT2D eigenvalue weighted by molar-refractivity contribution is -0.111. The lowest BCUT2D eigenvalue weighted by Crippen LogP contribution is -2.11. The number of hydrogen-bond donors (Lipinski definition) is 1. The number of carbonyl (C=O) groups is 1. The summed E-state index contributed by atoms with van der Waals surface area (Å²) in [4.78, 5) is 32.3. The van der Waals surface area contributed by atoms with Gasteiger partial charge in [-0.25, -0.2) is 14.8 Å². The van der Waals surface area contributed by atoms with Crippen molar-refractivity contribution in [2.24, 2.45) is 0 Å².